The molecule has 2 aromatic rings. The molecule has 0 spiro atoms. The van der Waals surface area contributed by atoms with Gasteiger partial charge in [-0.15, -0.1) is 0 Å². The number of nitrogens with zero attached hydrogens (tertiary/aromatic N) is 1. The van der Waals surface area contributed by atoms with Crippen LogP contribution in [0.4, 0.5) is 11.4 Å². The van der Waals surface area contributed by atoms with Crippen LogP contribution >= 0.6 is 0 Å². The van der Waals surface area contributed by atoms with E-state index in [2.05, 4.69) is 4.90 Å². The highest BCUT2D eigenvalue weighted by Gasteiger charge is 2.25. The molecule has 0 saturated carbocycles. The molecule has 0 N–H and O–H groups in total. The number of benzene rings is 2. The number of methoxy groups -OCH3 is 2. The van der Waals surface area contributed by atoms with Crippen molar-refractivity contribution in [2.45, 2.75) is 0 Å². The van der Waals surface area contributed by atoms with Gasteiger partial charge in [-0.1, -0.05) is 6.07 Å². The van der Waals surface area contributed by atoms with Gasteiger partial charge in [0.05, 0.1) is 26.5 Å². The zero-order valence-electron chi connectivity index (χ0n) is 12.5. The van der Waals surface area contributed by atoms with Crippen molar-refractivity contribution in [3.63, 3.8) is 0 Å². The fourth-order valence-electron chi connectivity index (χ4n) is 2.55. The van der Waals surface area contributed by atoms with Crippen LogP contribution in [0.25, 0.3) is 0 Å². The van der Waals surface area contributed by atoms with Crippen LogP contribution in [0.2, 0.25) is 0 Å². The van der Waals surface area contributed by atoms with E-state index in [1.165, 1.54) is 7.11 Å². The Morgan fingerprint density at radius 2 is 1.91 bits per heavy atom. The number of anilines is 2. The molecule has 0 fully saturated rings. The van der Waals surface area contributed by atoms with Gasteiger partial charge in [-0.2, -0.15) is 0 Å². The Morgan fingerprint density at radius 1 is 1.14 bits per heavy atom. The van der Waals surface area contributed by atoms with E-state index in [0.29, 0.717) is 24.5 Å². The molecule has 114 valence electrons. The molecule has 0 unspecified atom stereocenters. The zero-order chi connectivity index (χ0) is 15.5. The number of hydrogen-bond donors (Lipinski definition) is 0. The summed E-state index contributed by atoms with van der Waals surface area (Å²) in [5, 5.41) is 0. The molecule has 0 radical (unpaired) electrons. The summed E-state index contributed by atoms with van der Waals surface area (Å²) in [6.07, 6.45) is 0. The van der Waals surface area contributed by atoms with E-state index in [0.717, 1.165) is 17.1 Å². The lowest BCUT2D eigenvalue weighted by Crippen LogP contribution is -2.29. The first-order chi connectivity index (χ1) is 10.7. The van der Waals surface area contributed by atoms with Crippen molar-refractivity contribution in [2.24, 2.45) is 0 Å². The number of para-hydroxylation sites is 1. The van der Waals surface area contributed by atoms with Crippen LogP contribution in [-0.2, 0) is 4.74 Å². The van der Waals surface area contributed by atoms with E-state index in [9.17, 15) is 4.79 Å². The van der Waals surface area contributed by atoms with Gasteiger partial charge in [0.1, 0.15) is 17.9 Å². The molecule has 1 aliphatic heterocycles. The second-order valence-electron chi connectivity index (χ2n) is 4.84. The summed E-state index contributed by atoms with van der Waals surface area (Å²) in [4.78, 5) is 14.0. The molecule has 0 atom stereocenters. The maximum Gasteiger partial charge on any atom is 0.341 e. The maximum atomic E-state index is 11.9. The second-order valence-corrected chi connectivity index (χ2v) is 4.84. The van der Waals surface area contributed by atoms with Gasteiger partial charge in [0.2, 0.25) is 0 Å². The van der Waals surface area contributed by atoms with E-state index in [1.54, 1.807) is 13.2 Å². The van der Waals surface area contributed by atoms with Crippen LogP contribution in [0.15, 0.2) is 42.5 Å². The molecule has 1 aliphatic rings. The van der Waals surface area contributed by atoms with Crippen LogP contribution in [0.5, 0.6) is 11.5 Å². The number of fused-ring (bicyclic) bond motifs is 1. The fraction of sp³-hybridized carbons (Fsp3) is 0.235. The summed E-state index contributed by atoms with van der Waals surface area (Å²) in [5.41, 5.74) is 2.32. The average molecular weight is 299 g/mol. The Kier molecular flexibility index (Phi) is 3.87. The van der Waals surface area contributed by atoms with Gasteiger partial charge in [-0.25, -0.2) is 4.79 Å². The van der Waals surface area contributed by atoms with Crippen LogP contribution in [0, 0.1) is 0 Å². The highest BCUT2D eigenvalue weighted by Crippen LogP contribution is 2.39. The Bertz CT molecular complexity index is 682. The Balaban J connectivity index is 2.02. The summed E-state index contributed by atoms with van der Waals surface area (Å²) in [7, 11) is 3.01. The van der Waals surface area contributed by atoms with Crippen LogP contribution in [0.1, 0.15) is 10.4 Å². The molecule has 0 amide bonds. The smallest absolute Gasteiger partial charge is 0.341 e. The SMILES string of the molecule is COC(=O)c1cccc2c1OCCN2c1ccc(OC)cc1. The normalized spacial score (nSPS) is 13.1. The fourth-order valence-corrected chi connectivity index (χ4v) is 2.55. The first-order valence-electron chi connectivity index (χ1n) is 7.00. The summed E-state index contributed by atoms with van der Waals surface area (Å²) in [6.45, 7) is 1.22. The van der Waals surface area contributed by atoms with Crippen LogP contribution in [0.3, 0.4) is 0 Å². The number of hydrogen-bond acceptors (Lipinski definition) is 5. The van der Waals surface area contributed by atoms with Gasteiger partial charge in [0.15, 0.2) is 5.75 Å². The third-order valence-electron chi connectivity index (χ3n) is 3.64. The summed E-state index contributed by atoms with van der Waals surface area (Å²) in [6, 6.07) is 13.3. The molecule has 22 heavy (non-hydrogen) atoms. The lowest BCUT2D eigenvalue weighted by atomic mass is 10.1. The molecule has 5 heteroatoms. The Labute approximate surface area is 129 Å². The summed E-state index contributed by atoms with van der Waals surface area (Å²) in [5.74, 6) is 0.977. The van der Waals surface area contributed by atoms with Crippen molar-refractivity contribution in [1.82, 2.24) is 0 Å². The molecule has 5 nitrogen and oxygen atoms in total. The quantitative estimate of drug-likeness (QED) is 0.815. The first-order valence-corrected chi connectivity index (χ1v) is 7.00. The number of carbonyl (C=O) groups is 1. The minimum Gasteiger partial charge on any atom is -0.497 e. The highest BCUT2D eigenvalue weighted by molar-refractivity contribution is 5.95. The molecule has 0 bridgehead atoms. The molecule has 0 aliphatic carbocycles. The third kappa shape index (κ3) is 2.45. The van der Waals surface area contributed by atoms with Crippen molar-refractivity contribution in [2.75, 3.05) is 32.3 Å². The van der Waals surface area contributed by atoms with Crippen molar-refractivity contribution >= 4 is 17.3 Å². The Hall–Kier alpha value is -2.69. The summed E-state index contributed by atoms with van der Waals surface area (Å²) >= 11 is 0. The van der Waals surface area contributed by atoms with Crippen molar-refractivity contribution in [3.8, 4) is 11.5 Å². The monoisotopic (exact) mass is 299 g/mol. The van der Waals surface area contributed by atoms with Gasteiger partial charge < -0.3 is 19.1 Å². The van der Waals surface area contributed by atoms with Gasteiger partial charge in [-0.3, -0.25) is 0 Å². The average Bonchev–Trinajstić information content (AvgIpc) is 2.60. The predicted octanol–water partition coefficient (Wildman–Crippen LogP) is 3.01. The van der Waals surface area contributed by atoms with Gasteiger partial charge >= 0.3 is 5.97 Å². The number of esters is 1. The highest BCUT2D eigenvalue weighted by atomic mass is 16.5. The van der Waals surface area contributed by atoms with Gasteiger partial charge in [-0.05, 0) is 36.4 Å². The third-order valence-corrected chi connectivity index (χ3v) is 3.64. The largest absolute Gasteiger partial charge is 0.497 e. The van der Waals surface area contributed by atoms with Crippen molar-refractivity contribution < 1.29 is 19.0 Å². The lowest BCUT2D eigenvalue weighted by molar-refractivity contribution is 0.0596. The van der Waals surface area contributed by atoms with Gasteiger partial charge in [0, 0.05) is 5.69 Å². The second kappa shape index (κ2) is 5.97. The topological polar surface area (TPSA) is 48.0 Å². The van der Waals surface area contributed by atoms with Crippen molar-refractivity contribution in [1.29, 1.82) is 0 Å². The van der Waals surface area contributed by atoms with Gasteiger partial charge in [0.25, 0.3) is 0 Å². The van der Waals surface area contributed by atoms with Crippen LogP contribution < -0.4 is 14.4 Å². The first kappa shape index (κ1) is 14.3. The van der Waals surface area contributed by atoms with E-state index in [-0.39, 0.29) is 0 Å². The maximum absolute atomic E-state index is 11.9. The summed E-state index contributed by atoms with van der Waals surface area (Å²) < 4.78 is 15.7. The number of rotatable bonds is 3. The molecule has 0 aromatic heterocycles. The van der Waals surface area contributed by atoms with Crippen LogP contribution in [-0.4, -0.2) is 33.3 Å². The molecule has 2 aromatic carbocycles. The standard InChI is InChI=1S/C17H17NO4/c1-20-13-8-6-12(7-9-13)18-10-11-22-16-14(17(19)21-2)4-3-5-15(16)18/h3-9H,10-11H2,1-2H3. The number of carbonyl (C=O) groups excluding carboxylic acids is 1. The molecular weight excluding hydrogens is 282 g/mol. The lowest BCUT2D eigenvalue weighted by Gasteiger charge is -2.32. The number of ether oxygens (including phenoxy) is 3. The van der Waals surface area contributed by atoms with E-state index < -0.39 is 5.97 Å². The van der Waals surface area contributed by atoms with E-state index >= 15 is 0 Å². The van der Waals surface area contributed by atoms with E-state index in [1.807, 2.05) is 36.4 Å². The minimum absolute atomic E-state index is 0.395. The molecule has 0 saturated heterocycles. The zero-order valence-corrected chi connectivity index (χ0v) is 12.5. The molecule has 3 rings (SSSR count). The Morgan fingerprint density at radius 3 is 2.59 bits per heavy atom. The predicted molar refractivity (Wildman–Crippen MR) is 83.3 cm³/mol. The minimum atomic E-state index is -0.395. The van der Waals surface area contributed by atoms with Crippen molar-refractivity contribution in [3.05, 3.63) is 48.0 Å². The molecular formula is C17H17NO4. The molecule has 1 heterocycles. The van der Waals surface area contributed by atoms with E-state index in [4.69, 9.17) is 14.2 Å².